The summed E-state index contributed by atoms with van der Waals surface area (Å²) in [6.45, 7) is 0. The molecule has 0 saturated heterocycles. The van der Waals surface area contributed by atoms with Gasteiger partial charge in [-0.1, -0.05) is 35.6 Å². The molecule has 3 rings (SSSR count). The first-order valence-electron chi connectivity index (χ1n) is 10.8. The third-order valence-electron chi connectivity index (χ3n) is 5.17. The number of carboxylic acids is 1. The summed E-state index contributed by atoms with van der Waals surface area (Å²) >= 11 is 2.49. The predicted molar refractivity (Wildman–Crippen MR) is 137 cm³/mol. The molecule has 2 atom stereocenters. The van der Waals surface area contributed by atoms with Crippen LogP contribution in [0.5, 0.6) is 17.4 Å². The number of amides is 1. The van der Waals surface area contributed by atoms with Gasteiger partial charge >= 0.3 is 10.8 Å². The molecule has 1 heterocycles. The number of thioether (sulfide) groups is 1. The van der Waals surface area contributed by atoms with Gasteiger partial charge in [-0.3, -0.25) is 14.6 Å². The van der Waals surface area contributed by atoms with E-state index in [0.717, 1.165) is 22.5 Å². The fraction of sp³-hybridized carbons (Fsp3) is 0.292. The quantitative estimate of drug-likeness (QED) is 0.246. The van der Waals surface area contributed by atoms with Crippen LogP contribution >= 0.6 is 23.1 Å². The minimum absolute atomic E-state index is 0.102. The number of rotatable bonds is 12. The van der Waals surface area contributed by atoms with Gasteiger partial charge in [-0.05, 0) is 60.2 Å². The number of thiazole rings is 1. The van der Waals surface area contributed by atoms with Crippen molar-refractivity contribution in [2.75, 3.05) is 12.0 Å². The van der Waals surface area contributed by atoms with E-state index in [1.165, 1.54) is 11.8 Å². The Morgan fingerprint density at radius 2 is 1.71 bits per heavy atom. The third-order valence-corrected chi connectivity index (χ3v) is 6.68. The lowest BCUT2D eigenvalue weighted by atomic mass is 10.1. The highest BCUT2D eigenvalue weighted by Gasteiger charge is 2.23. The lowest BCUT2D eigenvalue weighted by molar-refractivity contribution is -0.142. The minimum atomic E-state index is -1.08. The summed E-state index contributed by atoms with van der Waals surface area (Å²) in [5.74, 6) is 0.164. The number of aromatic amines is 1. The van der Waals surface area contributed by atoms with Crippen molar-refractivity contribution in [3.8, 4) is 17.4 Å². The zero-order valence-corrected chi connectivity index (χ0v) is 20.7. The Morgan fingerprint density at radius 3 is 2.23 bits per heavy atom. The molecule has 0 aliphatic carbocycles. The van der Waals surface area contributed by atoms with Gasteiger partial charge < -0.3 is 26.0 Å². The first-order chi connectivity index (χ1) is 16.7. The van der Waals surface area contributed by atoms with Crippen molar-refractivity contribution in [3.63, 3.8) is 0 Å². The van der Waals surface area contributed by atoms with Gasteiger partial charge in [-0.2, -0.15) is 11.8 Å². The molecule has 35 heavy (non-hydrogen) atoms. The maximum Gasteiger partial charge on any atom is 0.326 e. The molecule has 9 nitrogen and oxygen atoms in total. The summed E-state index contributed by atoms with van der Waals surface area (Å²) in [6.07, 6.45) is 2.90. The Balaban J connectivity index is 1.53. The Morgan fingerprint density at radius 1 is 1.11 bits per heavy atom. The van der Waals surface area contributed by atoms with E-state index < -0.39 is 24.0 Å². The van der Waals surface area contributed by atoms with Crippen LogP contribution in [0.15, 0.2) is 53.3 Å². The second-order valence-corrected chi connectivity index (χ2v) is 9.90. The Labute approximate surface area is 210 Å². The van der Waals surface area contributed by atoms with E-state index in [4.69, 9.17) is 10.5 Å². The normalized spacial score (nSPS) is 12.6. The van der Waals surface area contributed by atoms with Crippen molar-refractivity contribution < 1.29 is 24.5 Å². The number of aromatic nitrogens is 1. The van der Waals surface area contributed by atoms with Crippen LogP contribution in [0.4, 0.5) is 0 Å². The highest BCUT2D eigenvalue weighted by atomic mass is 32.2. The van der Waals surface area contributed by atoms with Crippen molar-refractivity contribution in [1.82, 2.24) is 10.3 Å². The molecular weight excluding hydrogens is 490 g/mol. The molecule has 2 aromatic carbocycles. The molecule has 11 heteroatoms. The number of H-pyrrole nitrogens is 1. The molecule has 0 fully saturated rings. The number of hydrogen-bond acceptors (Lipinski definition) is 8. The van der Waals surface area contributed by atoms with Crippen molar-refractivity contribution in [2.24, 2.45) is 5.73 Å². The van der Waals surface area contributed by atoms with Gasteiger partial charge in [-0.15, -0.1) is 0 Å². The summed E-state index contributed by atoms with van der Waals surface area (Å²) in [4.78, 5) is 37.6. The lowest BCUT2D eigenvalue weighted by Crippen LogP contribution is -2.49. The first kappa shape index (κ1) is 26.3. The highest BCUT2D eigenvalue weighted by molar-refractivity contribution is 7.98. The van der Waals surface area contributed by atoms with Gasteiger partial charge in [0.2, 0.25) is 11.8 Å². The number of carbonyl (C=O) groups is 2. The van der Waals surface area contributed by atoms with E-state index in [1.54, 1.807) is 36.4 Å². The number of nitrogens with one attached hydrogen (secondary N) is 2. The second kappa shape index (κ2) is 12.4. The summed E-state index contributed by atoms with van der Waals surface area (Å²) in [6, 6.07) is 12.6. The minimum Gasteiger partial charge on any atom is -0.494 e. The fourth-order valence-corrected chi connectivity index (χ4v) is 4.51. The Hall–Kier alpha value is -3.28. The van der Waals surface area contributed by atoms with Crippen LogP contribution in [0.2, 0.25) is 0 Å². The predicted octanol–water partition coefficient (Wildman–Crippen LogP) is 2.72. The SMILES string of the molecule is CSCCC(NC(=O)C(N)Cc1ccc(Oc2ccc(Cc3sc(=O)[nH]c3O)cc2)cc1)C(=O)O. The number of nitrogens with two attached hydrogens (primary N) is 1. The summed E-state index contributed by atoms with van der Waals surface area (Å²) in [7, 11) is 0. The average molecular weight is 518 g/mol. The molecule has 0 aliphatic rings. The number of carbonyl (C=O) groups excluding carboxylic acids is 1. The maximum absolute atomic E-state index is 12.3. The molecule has 0 spiro atoms. The van der Waals surface area contributed by atoms with E-state index in [-0.39, 0.29) is 17.2 Å². The van der Waals surface area contributed by atoms with Crippen molar-refractivity contribution in [1.29, 1.82) is 0 Å². The first-order valence-corrected chi connectivity index (χ1v) is 13.0. The monoisotopic (exact) mass is 517 g/mol. The molecule has 2 unspecified atom stereocenters. The van der Waals surface area contributed by atoms with Gasteiger partial charge in [0.05, 0.1) is 10.9 Å². The van der Waals surface area contributed by atoms with Gasteiger partial charge in [0, 0.05) is 6.42 Å². The van der Waals surface area contributed by atoms with E-state index in [2.05, 4.69) is 10.3 Å². The van der Waals surface area contributed by atoms with Crippen LogP contribution in [0.1, 0.15) is 22.4 Å². The van der Waals surface area contributed by atoms with Crippen LogP contribution in [0.3, 0.4) is 0 Å². The van der Waals surface area contributed by atoms with Crippen LogP contribution in [-0.2, 0) is 22.4 Å². The fourth-order valence-electron chi connectivity index (χ4n) is 3.28. The summed E-state index contributed by atoms with van der Waals surface area (Å²) in [5, 5.41) is 21.5. The van der Waals surface area contributed by atoms with Crippen molar-refractivity contribution in [3.05, 3.63) is 74.2 Å². The van der Waals surface area contributed by atoms with Gasteiger partial charge in [0.15, 0.2) is 0 Å². The molecule has 1 amide bonds. The van der Waals surface area contributed by atoms with Crippen molar-refractivity contribution in [2.45, 2.75) is 31.3 Å². The smallest absolute Gasteiger partial charge is 0.326 e. The number of hydrogen-bond donors (Lipinski definition) is 5. The Bertz CT molecular complexity index is 1190. The second-order valence-electron chi connectivity index (χ2n) is 7.84. The van der Waals surface area contributed by atoms with Gasteiger partial charge in [0.1, 0.15) is 17.5 Å². The zero-order valence-electron chi connectivity index (χ0n) is 19.0. The average Bonchev–Trinajstić information content (AvgIpc) is 3.15. The van der Waals surface area contributed by atoms with Crippen LogP contribution in [0, 0.1) is 0 Å². The van der Waals surface area contributed by atoms with Crippen LogP contribution in [0.25, 0.3) is 0 Å². The lowest BCUT2D eigenvalue weighted by Gasteiger charge is -2.17. The van der Waals surface area contributed by atoms with Crippen LogP contribution in [-0.4, -0.2) is 51.2 Å². The number of aliphatic carboxylic acids is 1. The topological polar surface area (TPSA) is 155 Å². The standard InChI is InChI=1S/C24H27N3O6S2/c1-34-11-10-19(23(30)31)26-21(28)18(25)12-14-2-6-16(7-3-14)33-17-8-4-15(5-9-17)13-20-22(29)27-24(32)35-20/h2-9,18-19,29H,10-13,25H2,1H3,(H,26,28)(H,27,32)(H,30,31). The molecule has 0 bridgehead atoms. The number of aromatic hydroxyl groups is 1. The Kier molecular flexibility index (Phi) is 9.35. The zero-order chi connectivity index (χ0) is 25.4. The molecular formula is C24H27N3O6S2. The van der Waals surface area contributed by atoms with E-state index in [9.17, 15) is 24.6 Å². The molecule has 0 aliphatic heterocycles. The summed E-state index contributed by atoms with van der Waals surface area (Å²) < 4.78 is 5.85. The summed E-state index contributed by atoms with van der Waals surface area (Å²) in [5.41, 5.74) is 7.73. The number of carboxylic acid groups (broad SMARTS) is 1. The number of ether oxygens (including phenoxy) is 1. The van der Waals surface area contributed by atoms with E-state index in [0.29, 0.717) is 35.0 Å². The maximum atomic E-state index is 12.3. The number of benzene rings is 2. The molecule has 0 radical (unpaired) electrons. The molecule has 0 saturated carbocycles. The van der Waals surface area contributed by atoms with E-state index >= 15 is 0 Å². The molecule has 3 aromatic rings. The molecule has 1 aromatic heterocycles. The third kappa shape index (κ3) is 7.88. The largest absolute Gasteiger partial charge is 0.494 e. The molecule has 6 N–H and O–H groups in total. The van der Waals surface area contributed by atoms with Gasteiger partial charge in [-0.25, -0.2) is 4.79 Å². The van der Waals surface area contributed by atoms with Gasteiger partial charge in [0.25, 0.3) is 0 Å². The molecule has 186 valence electrons. The van der Waals surface area contributed by atoms with E-state index in [1.807, 2.05) is 18.4 Å². The highest BCUT2D eigenvalue weighted by Crippen LogP contribution is 2.25. The van der Waals surface area contributed by atoms with Crippen molar-refractivity contribution >= 4 is 35.0 Å². The van der Waals surface area contributed by atoms with Crippen LogP contribution < -0.4 is 20.7 Å².